The van der Waals surface area contributed by atoms with E-state index < -0.39 is 0 Å². The molecule has 4 heteroatoms. The average molecular weight is 287 g/mol. The fraction of sp³-hybridized carbons (Fsp3) is 0.588. The summed E-state index contributed by atoms with van der Waals surface area (Å²) in [5, 5.41) is 0. The van der Waals surface area contributed by atoms with Crippen LogP contribution in [0.15, 0.2) is 24.3 Å². The maximum atomic E-state index is 12.5. The second kappa shape index (κ2) is 6.48. The molecule has 2 aliphatic rings. The zero-order chi connectivity index (χ0) is 14.7. The molecule has 0 aromatic heterocycles. The molecule has 1 aromatic rings. The topological polar surface area (TPSA) is 26.8 Å². The highest BCUT2D eigenvalue weighted by atomic mass is 16.2. The number of benzene rings is 1. The van der Waals surface area contributed by atoms with Gasteiger partial charge in [0.1, 0.15) is 0 Å². The summed E-state index contributed by atoms with van der Waals surface area (Å²) in [7, 11) is 2.11. The van der Waals surface area contributed by atoms with Crippen molar-refractivity contribution in [3.63, 3.8) is 0 Å². The molecule has 114 valence electrons. The maximum absolute atomic E-state index is 12.5. The van der Waals surface area contributed by atoms with Crippen LogP contribution in [0.2, 0.25) is 0 Å². The van der Waals surface area contributed by atoms with Crippen molar-refractivity contribution in [1.82, 2.24) is 9.80 Å². The van der Waals surface area contributed by atoms with E-state index in [1.807, 2.05) is 17.0 Å². The molecule has 0 N–H and O–H groups in total. The van der Waals surface area contributed by atoms with Crippen LogP contribution in [0.5, 0.6) is 0 Å². The molecular weight excluding hydrogens is 262 g/mol. The highest BCUT2D eigenvalue weighted by molar-refractivity contribution is 5.94. The third kappa shape index (κ3) is 3.38. The van der Waals surface area contributed by atoms with Gasteiger partial charge in [0.2, 0.25) is 0 Å². The van der Waals surface area contributed by atoms with Gasteiger partial charge in [0, 0.05) is 50.5 Å². The molecule has 0 saturated carbocycles. The van der Waals surface area contributed by atoms with Gasteiger partial charge in [0.05, 0.1) is 0 Å². The highest BCUT2D eigenvalue weighted by Crippen LogP contribution is 2.20. The van der Waals surface area contributed by atoms with E-state index in [0.29, 0.717) is 0 Å². The second-order valence-electron chi connectivity index (χ2n) is 6.19. The van der Waals surface area contributed by atoms with Crippen molar-refractivity contribution >= 4 is 11.6 Å². The molecule has 2 heterocycles. The molecule has 0 bridgehead atoms. The SMILES string of the molecule is CN1CCN(C(=O)c2ccc(N3CCCCC3)cc2)CC1. The summed E-state index contributed by atoms with van der Waals surface area (Å²) in [6, 6.07) is 8.19. The molecule has 0 aliphatic carbocycles. The first-order valence-electron chi connectivity index (χ1n) is 8.07. The van der Waals surface area contributed by atoms with E-state index in [1.165, 1.54) is 24.9 Å². The molecule has 0 radical (unpaired) electrons. The van der Waals surface area contributed by atoms with E-state index in [0.717, 1.165) is 44.8 Å². The van der Waals surface area contributed by atoms with Crippen LogP contribution in [-0.2, 0) is 0 Å². The van der Waals surface area contributed by atoms with Gasteiger partial charge in [-0.3, -0.25) is 4.79 Å². The summed E-state index contributed by atoms with van der Waals surface area (Å²) >= 11 is 0. The lowest BCUT2D eigenvalue weighted by molar-refractivity contribution is 0.0664. The molecule has 0 unspecified atom stereocenters. The predicted octanol–water partition coefficient (Wildman–Crippen LogP) is 2.06. The Kier molecular flexibility index (Phi) is 4.44. The van der Waals surface area contributed by atoms with E-state index in [9.17, 15) is 4.79 Å². The van der Waals surface area contributed by atoms with Crippen molar-refractivity contribution in [2.45, 2.75) is 19.3 Å². The van der Waals surface area contributed by atoms with Crippen LogP contribution in [0, 0.1) is 0 Å². The predicted molar refractivity (Wildman–Crippen MR) is 85.9 cm³/mol. The number of piperidine rings is 1. The number of hydrogen-bond donors (Lipinski definition) is 0. The monoisotopic (exact) mass is 287 g/mol. The van der Waals surface area contributed by atoms with E-state index in [4.69, 9.17) is 0 Å². The van der Waals surface area contributed by atoms with Crippen molar-refractivity contribution in [3.8, 4) is 0 Å². The number of anilines is 1. The molecular formula is C17H25N3O. The van der Waals surface area contributed by atoms with Gasteiger partial charge in [0.25, 0.3) is 5.91 Å². The minimum atomic E-state index is 0.174. The van der Waals surface area contributed by atoms with Gasteiger partial charge >= 0.3 is 0 Å². The number of amides is 1. The minimum Gasteiger partial charge on any atom is -0.372 e. The van der Waals surface area contributed by atoms with Gasteiger partial charge in [-0.05, 0) is 50.6 Å². The van der Waals surface area contributed by atoms with Crippen molar-refractivity contribution < 1.29 is 4.79 Å². The maximum Gasteiger partial charge on any atom is 0.253 e. The van der Waals surface area contributed by atoms with Gasteiger partial charge in [-0.25, -0.2) is 0 Å². The largest absolute Gasteiger partial charge is 0.372 e. The normalized spacial score (nSPS) is 20.6. The third-order valence-electron chi connectivity index (χ3n) is 4.63. The lowest BCUT2D eigenvalue weighted by atomic mass is 10.1. The van der Waals surface area contributed by atoms with E-state index in [-0.39, 0.29) is 5.91 Å². The molecule has 1 amide bonds. The Hall–Kier alpha value is -1.55. The van der Waals surface area contributed by atoms with E-state index in [2.05, 4.69) is 29.0 Å². The van der Waals surface area contributed by atoms with Crippen molar-refractivity contribution in [3.05, 3.63) is 29.8 Å². The number of likely N-dealkylation sites (N-methyl/N-ethyl adjacent to an activating group) is 1. The van der Waals surface area contributed by atoms with Crippen molar-refractivity contribution in [1.29, 1.82) is 0 Å². The third-order valence-corrected chi connectivity index (χ3v) is 4.63. The molecule has 0 spiro atoms. The van der Waals surface area contributed by atoms with Gasteiger partial charge in [0.15, 0.2) is 0 Å². The number of carbonyl (C=O) groups excluding carboxylic acids is 1. The summed E-state index contributed by atoms with van der Waals surface area (Å²) in [6.45, 7) is 5.90. The fourth-order valence-corrected chi connectivity index (χ4v) is 3.16. The summed E-state index contributed by atoms with van der Waals surface area (Å²) in [5.41, 5.74) is 2.07. The zero-order valence-corrected chi connectivity index (χ0v) is 12.9. The number of carbonyl (C=O) groups is 1. The smallest absolute Gasteiger partial charge is 0.253 e. The molecule has 1 aromatic carbocycles. The van der Waals surface area contributed by atoms with Crippen LogP contribution in [-0.4, -0.2) is 62.0 Å². The van der Waals surface area contributed by atoms with Crippen molar-refractivity contribution in [2.75, 3.05) is 51.2 Å². The first-order chi connectivity index (χ1) is 10.2. The Balaban J connectivity index is 1.64. The molecule has 2 aliphatic heterocycles. The van der Waals surface area contributed by atoms with E-state index >= 15 is 0 Å². The van der Waals surface area contributed by atoms with Crippen LogP contribution in [0.1, 0.15) is 29.6 Å². The standard InChI is InChI=1S/C17H25N3O/c1-18-11-13-20(14-12-18)17(21)15-5-7-16(8-6-15)19-9-3-2-4-10-19/h5-8H,2-4,9-14H2,1H3. The average Bonchev–Trinajstić information content (AvgIpc) is 2.56. The molecule has 21 heavy (non-hydrogen) atoms. The molecule has 2 saturated heterocycles. The number of hydrogen-bond acceptors (Lipinski definition) is 3. The Labute approximate surface area is 127 Å². The van der Waals surface area contributed by atoms with E-state index in [1.54, 1.807) is 0 Å². The van der Waals surface area contributed by atoms with Gasteiger partial charge in [-0.2, -0.15) is 0 Å². The lowest BCUT2D eigenvalue weighted by Crippen LogP contribution is -2.47. The summed E-state index contributed by atoms with van der Waals surface area (Å²) in [6.07, 6.45) is 3.90. The Morgan fingerprint density at radius 1 is 0.857 bits per heavy atom. The molecule has 2 fully saturated rings. The summed E-state index contributed by atoms with van der Waals surface area (Å²) in [5.74, 6) is 0.174. The Morgan fingerprint density at radius 3 is 2.10 bits per heavy atom. The van der Waals surface area contributed by atoms with Crippen LogP contribution in [0.3, 0.4) is 0 Å². The molecule has 3 rings (SSSR count). The lowest BCUT2D eigenvalue weighted by Gasteiger charge is -2.32. The Bertz CT molecular complexity index is 471. The molecule has 4 nitrogen and oxygen atoms in total. The van der Waals surface area contributed by atoms with Crippen LogP contribution >= 0.6 is 0 Å². The highest BCUT2D eigenvalue weighted by Gasteiger charge is 2.20. The number of piperazine rings is 1. The minimum absolute atomic E-state index is 0.174. The van der Waals surface area contributed by atoms with Gasteiger partial charge in [-0.1, -0.05) is 0 Å². The Morgan fingerprint density at radius 2 is 1.48 bits per heavy atom. The summed E-state index contributed by atoms with van der Waals surface area (Å²) < 4.78 is 0. The first kappa shape index (κ1) is 14.4. The van der Waals surface area contributed by atoms with Gasteiger partial charge < -0.3 is 14.7 Å². The van der Waals surface area contributed by atoms with Crippen molar-refractivity contribution in [2.24, 2.45) is 0 Å². The van der Waals surface area contributed by atoms with Crippen LogP contribution in [0.25, 0.3) is 0 Å². The quantitative estimate of drug-likeness (QED) is 0.833. The zero-order valence-electron chi connectivity index (χ0n) is 12.9. The molecule has 0 atom stereocenters. The second-order valence-corrected chi connectivity index (χ2v) is 6.19. The van der Waals surface area contributed by atoms with Crippen LogP contribution in [0.4, 0.5) is 5.69 Å². The fourth-order valence-electron chi connectivity index (χ4n) is 3.16. The number of nitrogens with zero attached hydrogens (tertiary/aromatic N) is 3. The van der Waals surface area contributed by atoms with Gasteiger partial charge in [-0.15, -0.1) is 0 Å². The summed E-state index contributed by atoms with van der Waals surface area (Å²) in [4.78, 5) is 19.1. The first-order valence-corrected chi connectivity index (χ1v) is 8.07. The number of rotatable bonds is 2. The van der Waals surface area contributed by atoms with Crippen LogP contribution < -0.4 is 4.90 Å².